The molecule has 5 N–H and O–H groups in total. The molecule has 0 saturated carbocycles. The maximum atomic E-state index is 11.8. The highest BCUT2D eigenvalue weighted by atomic mass is 16.2. The second-order valence-corrected chi connectivity index (χ2v) is 5.98. The number of carbonyl (C=O) groups is 2. The van der Waals surface area contributed by atoms with Crippen molar-refractivity contribution in [3.8, 4) is 22.6 Å². The van der Waals surface area contributed by atoms with Crippen LogP contribution in [0.4, 0.5) is 4.79 Å². The monoisotopic (exact) mass is 364 g/mol. The summed E-state index contributed by atoms with van der Waals surface area (Å²) >= 11 is 0. The van der Waals surface area contributed by atoms with Crippen LogP contribution in [0, 0.1) is 6.92 Å². The summed E-state index contributed by atoms with van der Waals surface area (Å²) in [5.74, 6) is 0.222. The van der Waals surface area contributed by atoms with Gasteiger partial charge < -0.3 is 21.4 Å². The fourth-order valence-corrected chi connectivity index (χ4v) is 2.53. The van der Waals surface area contributed by atoms with Crippen LogP contribution in [-0.2, 0) is 11.3 Å². The lowest BCUT2D eigenvalue weighted by atomic mass is 10.1. The summed E-state index contributed by atoms with van der Waals surface area (Å²) in [4.78, 5) is 34.7. The van der Waals surface area contributed by atoms with Crippen molar-refractivity contribution in [1.82, 2.24) is 25.6 Å². The van der Waals surface area contributed by atoms with E-state index in [-0.39, 0.29) is 19.0 Å². The summed E-state index contributed by atoms with van der Waals surface area (Å²) in [6.45, 7) is 2.02. The Morgan fingerprint density at radius 2 is 1.89 bits per heavy atom. The average Bonchev–Trinajstić information content (AvgIpc) is 3.10. The molecular formula is C19H20N6O2. The number of carbonyl (C=O) groups excluding carboxylic acids is 2. The molecule has 0 aliphatic heterocycles. The quantitative estimate of drug-likeness (QED) is 0.531. The number of aromatic nitrogens is 3. The predicted octanol–water partition coefficient (Wildman–Crippen LogP) is 1.73. The van der Waals surface area contributed by atoms with E-state index in [1.54, 1.807) is 6.20 Å². The molecule has 0 saturated heterocycles. The molecule has 3 aromatic rings. The number of amides is 3. The average molecular weight is 364 g/mol. The molecule has 0 unspecified atom stereocenters. The van der Waals surface area contributed by atoms with Crippen LogP contribution < -0.4 is 16.4 Å². The van der Waals surface area contributed by atoms with E-state index in [0.29, 0.717) is 5.82 Å². The second-order valence-electron chi connectivity index (χ2n) is 5.98. The van der Waals surface area contributed by atoms with Gasteiger partial charge in [-0.05, 0) is 19.1 Å². The number of imidazole rings is 1. The number of primary amides is 1. The third-order valence-corrected chi connectivity index (χ3v) is 3.88. The highest BCUT2D eigenvalue weighted by Crippen LogP contribution is 2.29. The summed E-state index contributed by atoms with van der Waals surface area (Å²) in [6, 6.07) is 12.9. The number of nitrogens with one attached hydrogen (secondary N) is 3. The van der Waals surface area contributed by atoms with Gasteiger partial charge in [0.2, 0.25) is 5.91 Å². The number of rotatable bonds is 6. The van der Waals surface area contributed by atoms with Gasteiger partial charge in [-0.3, -0.25) is 9.78 Å². The van der Waals surface area contributed by atoms with E-state index < -0.39 is 6.03 Å². The zero-order valence-corrected chi connectivity index (χ0v) is 14.8. The van der Waals surface area contributed by atoms with Crippen molar-refractivity contribution < 1.29 is 9.59 Å². The number of hydrogen-bond acceptors (Lipinski definition) is 4. The third kappa shape index (κ3) is 4.69. The van der Waals surface area contributed by atoms with Gasteiger partial charge in [0, 0.05) is 11.8 Å². The summed E-state index contributed by atoms with van der Waals surface area (Å²) in [5, 5.41) is 4.92. The van der Waals surface area contributed by atoms with Crippen LogP contribution in [0.3, 0.4) is 0 Å². The number of H-pyrrole nitrogens is 1. The van der Waals surface area contributed by atoms with Gasteiger partial charge in [0.25, 0.3) is 0 Å². The van der Waals surface area contributed by atoms with Gasteiger partial charge >= 0.3 is 6.03 Å². The maximum absolute atomic E-state index is 11.8. The predicted molar refractivity (Wildman–Crippen MR) is 101 cm³/mol. The molecule has 2 heterocycles. The van der Waals surface area contributed by atoms with E-state index in [9.17, 15) is 9.59 Å². The number of hydrogen-bond donors (Lipinski definition) is 4. The summed E-state index contributed by atoms with van der Waals surface area (Å²) < 4.78 is 0. The molecule has 0 fully saturated rings. The first-order valence-electron chi connectivity index (χ1n) is 8.40. The van der Waals surface area contributed by atoms with Crippen molar-refractivity contribution in [2.24, 2.45) is 5.73 Å². The van der Waals surface area contributed by atoms with Gasteiger partial charge in [0.15, 0.2) is 0 Å². The van der Waals surface area contributed by atoms with E-state index in [4.69, 9.17) is 5.73 Å². The second kappa shape index (κ2) is 8.13. The van der Waals surface area contributed by atoms with Crippen molar-refractivity contribution in [1.29, 1.82) is 0 Å². The fraction of sp³-hybridized carbons (Fsp3) is 0.158. The van der Waals surface area contributed by atoms with Crippen molar-refractivity contribution in [3.63, 3.8) is 0 Å². The van der Waals surface area contributed by atoms with E-state index in [1.165, 1.54) is 0 Å². The Morgan fingerprint density at radius 1 is 1.11 bits per heavy atom. The minimum Gasteiger partial charge on any atom is -0.352 e. The van der Waals surface area contributed by atoms with E-state index in [2.05, 4.69) is 25.6 Å². The van der Waals surface area contributed by atoms with Gasteiger partial charge in [0.1, 0.15) is 5.82 Å². The van der Waals surface area contributed by atoms with Crippen molar-refractivity contribution in [2.75, 3.05) is 6.54 Å². The zero-order valence-electron chi connectivity index (χ0n) is 14.8. The van der Waals surface area contributed by atoms with Crippen LogP contribution in [0.5, 0.6) is 0 Å². The number of nitrogens with two attached hydrogens (primary N) is 1. The molecule has 3 amide bonds. The minimum atomic E-state index is -0.748. The molecule has 1 aromatic carbocycles. The number of urea groups is 1. The van der Waals surface area contributed by atoms with E-state index in [1.807, 2.05) is 49.4 Å². The van der Waals surface area contributed by atoms with Crippen LogP contribution >= 0.6 is 0 Å². The number of nitrogens with zero attached hydrogens (tertiary/aromatic N) is 2. The Bertz CT molecular complexity index is 935. The first kappa shape index (κ1) is 18.1. The van der Waals surface area contributed by atoms with Crippen LogP contribution in [0.25, 0.3) is 22.6 Å². The third-order valence-electron chi connectivity index (χ3n) is 3.88. The van der Waals surface area contributed by atoms with E-state index >= 15 is 0 Å². The smallest absolute Gasteiger partial charge is 0.312 e. The molecule has 2 aromatic heterocycles. The Morgan fingerprint density at radius 3 is 2.56 bits per heavy atom. The van der Waals surface area contributed by atoms with Gasteiger partial charge in [-0.2, -0.15) is 0 Å². The van der Waals surface area contributed by atoms with Crippen molar-refractivity contribution in [3.05, 3.63) is 60.0 Å². The highest BCUT2D eigenvalue weighted by molar-refractivity contribution is 5.83. The van der Waals surface area contributed by atoms with Gasteiger partial charge in [-0.25, -0.2) is 9.78 Å². The Hall–Kier alpha value is -3.68. The zero-order chi connectivity index (χ0) is 19.2. The molecule has 0 aliphatic rings. The van der Waals surface area contributed by atoms with Gasteiger partial charge in [-0.1, -0.05) is 35.9 Å². The number of aryl methyl sites for hydroxylation is 1. The molecule has 8 heteroatoms. The van der Waals surface area contributed by atoms with Crippen LogP contribution in [0.15, 0.2) is 48.7 Å². The number of pyridine rings is 1. The largest absolute Gasteiger partial charge is 0.352 e. The molecular weight excluding hydrogens is 344 g/mol. The van der Waals surface area contributed by atoms with Crippen LogP contribution in [0.1, 0.15) is 11.4 Å². The maximum Gasteiger partial charge on any atom is 0.312 e. The first-order valence-corrected chi connectivity index (χ1v) is 8.40. The lowest BCUT2D eigenvalue weighted by molar-refractivity contribution is -0.120. The SMILES string of the molecule is Cc1ccc(-c2nc(CNC(=O)CNC(N)=O)[nH]c2-c2ccccn2)cc1. The van der Waals surface area contributed by atoms with Gasteiger partial charge in [0.05, 0.1) is 30.2 Å². The molecule has 3 rings (SSSR count). The lowest BCUT2D eigenvalue weighted by Gasteiger charge is -2.03. The molecule has 0 atom stereocenters. The van der Waals surface area contributed by atoms with Crippen molar-refractivity contribution >= 4 is 11.9 Å². The molecule has 0 bridgehead atoms. The molecule has 138 valence electrons. The fourth-order valence-electron chi connectivity index (χ4n) is 2.53. The van der Waals surface area contributed by atoms with Gasteiger partial charge in [-0.15, -0.1) is 0 Å². The topological polar surface area (TPSA) is 126 Å². The Labute approximate surface area is 156 Å². The minimum absolute atomic E-state index is 0.185. The number of benzene rings is 1. The van der Waals surface area contributed by atoms with Crippen LogP contribution in [0.2, 0.25) is 0 Å². The normalized spacial score (nSPS) is 10.4. The summed E-state index contributed by atoms with van der Waals surface area (Å²) in [5.41, 5.74) is 9.35. The highest BCUT2D eigenvalue weighted by Gasteiger charge is 2.15. The molecule has 27 heavy (non-hydrogen) atoms. The first-order chi connectivity index (χ1) is 13.0. The van der Waals surface area contributed by atoms with Crippen molar-refractivity contribution in [2.45, 2.75) is 13.5 Å². The lowest BCUT2D eigenvalue weighted by Crippen LogP contribution is -2.39. The molecule has 0 radical (unpaired) electrons. The molecule has 0 spiro atoms. The Balaban J connectivity index is 1.85. The summed E-state index contributed by atoms with van der Waals surface area (Å²) in [6.07, 6.45) is 1.71. The standard InChI is InChI=1S/C19H20N6O2/c1-12-5-7-13(8-6-12)17-18(14-4-2-3-9-21-14)25-15(24-17)10-22-16(26)11-23-19(20)27/h2-9H,10-11H2,1H3,(H,22,26)(H,24,25)(H3,20,23,27). The Kier molecular flexibility index (Phi) is 5.46. The van der Waals surface area contributed by atoms with Crippen LogP contribution in [-0.4, -0.2) is 33.4 Å². The summed E-state index contributed by atoms with van der Waals surface area (Å²) in [7, 11) is 0. The molecule has 0 aliphatic carbocycles. The molecule has 8 nitrogen and oxygen atoms in total. The number of aromatic amines is 1. The van der Waals surface area contributed by atoms with E-state index in [0.717, 1.165) is 28.2 Å².